The highest BCUT2D eigenvalue weighted by atomic mass is 19.2. The molecule has 1 aliphatic heterocycles. The second kappa shape index (κ2) is 8.86. The summed E-state index contributed by atoms with van der Waals surface area (Å²) < 4.78 is 39.2. The molecule has 4 nitrogen and oxygen atoms in total. The second-order valence-corrected chi connectivity index (χ2v) is 7.86. The van der Waals surface area contributed by atoms with E-state index in [1.165, 1.54) is 31.1 Å². The van der Waals surface area contributed by atoms with Gasteiger partial charge in [0.2, 0.25) is 5.91 Å². The molecule has 1 saturated heterocycles. The lowest BCUT2D eigenvalue weighted by atomic mass is 9.87. The summed E-state index contributed by atoms with van der Waals surface area (Å²) in [6.07, 6.45) is 6.48. The van der Waals surface area contributed by atoms with Crippen molar-refractivity contribution < 1.29 is 23.0 Å². The summed E-state index contributed by atoms with van der Waals surface area (Å²) in [6, 6.07) is 9.76. The minimum Gasteiger partial charge on any atom is -0.493 e. The molecule has 1 atom stereocenters. The number of ether oxygens (including phenoxy) is 2. The maximum atomic E-state index is 14.1. The number of rotatable bonds is 5. The van der Waals surface area contributed by atoms with Crippen LogP contribution in [0.3, 0.4) is 0 Å². The molecule has 6 heteroatoms. The van der Waals surface area contributed by atoms with E-state index in [1.807, 2.05) is 18.2 Å². The Morgan fingerprint density at radius 2 is 1.90 bits per heavy atom. The highest BCUT2D eigenvalue weighted by molar-refractivity contribution is 5.98. The van der Waals surface area contributed by atoms with Gasteiger partial charge < -0.3 is 14.8 Å². The Hall–Kier alpha value is -2.89. The van der Waals surface area contributed by atoms with E-state index in [9.17, 15) is 13.6 Å². The average molecular weight is 413 g/mol. The maximum Gasteiger partial charge on any atom is 0.247 e. The molecule has 1 aliphatic carbocycles. The number of methoxy groups -OCH3 is 1. The summed E-state index contributed by atoms with van der Waals surface area (Å²) in [7, 11) is 1.62. The molecular weight excluding hydrogens is 388 g/mol. The fraction of sp³-hybridized carbons (Fsp3) is 0.375. The van der Waals surface area contributed by atoms with Gasteiger partial charge in [-0.15, -0.1) is 0 Å². The molecule has 0 spiro atoms. The molecule has 1 saturated carbocycles. The molecule has 2 aromatic rings. The van der Waals surface area contributed by atoms with Crippen molar-refractivity contribution in [3.63, 3.8) is 0 Å². The molecule has 4 rings (SSSR count). The summed E-state index contributed by atoms with van der Waals surface area (Å²) in [5, 5.41) is 2.86. The van der Waals surface area contributed by atoms with Crippen LogP contribution >= 0.6 is 0 Å². The van der Waals surface area contributed by atoms with Crippen molar-refractivity contribution >= 4 is 12.0 Å². The molecule has 0 radical (unpaired) electrons. The fourth-order valence-corrected chi connectivity index (χ4v) is 4.16. The molecule has 2 aromatic carbocycles. The van der Waals surface area contributed by atoms with Crippen molar-refractivity contribution in [2.24, 2.45) is 0 Å². The molecule has 1 amide bonds. The smallest absolute Gasteiger partial charge is 0.247 e. The van der Waals surface area contributed by atoms with E-state index in [0.29, 0.717) is 30.0 Å². The number of carbonyl (C=O) groups is 1. The van der Waals surface area contributed by atoms with Gasteiger partial charge in [-0.1, -0.05) is 18.2 Å². The van der Waals surface area contributed by atoms with Crippen LogP contribution in [0, 0.1) is 11.6 Å². The van der Waals surface area contributed by atoms with Gasteiger partial charge in [-0.3, -0.25) is 4.79 Å². The van der Waals surface area contributed by atoms with Crippen LogP contribution in [0.15, 0.2) is 42.0 Å². The normalized spacial score (nSPS) is 21.0. The van der Waals surface area contributed by atoms with E-state index < -0.39 is 11.6 Å². The van der Waals surface area contributed by atoms with E-state index in [0.717, 1.165) is 24.5 Å². The number of amides is 1. The van der Waals surface area contributed by atoms with Crippen molar-refractivity contribution in [3.05, 3.63) is 64.7 Å². The first kappa shape index (κ1) is 20.4. The monoisotopic (exact) mass is 413 g/mol. The third kappa shape index (κ3) is 4.32. The Balaban J connectivity index is 1.58. The highest BCUT2D eigenvalue weighted by Gasteiger charge is 2.26. The SMILES string of the molecule is COc1ccc([C@H]2CNC(=O)/C(=C/c3cccc(F)c3F)C2)cc1OC1CCCC1. The molecule has 158 valence electrons. The van der Waals surface area contributed by atoms with Crippen LogP contribution in [0.25, 0.3) is 6.08 Å². The first-order valence-electron chi connectivity index (χ1n) is 10.3. The van der Waals surface area contributed by atoms with Crippen LogP contribution in [-0.2, 0) is 4.79 Å². The summed E-state index contributed by atoms with van der Waals surface area (Å²) in [5.74, 6) is -0.741. The van der Waals surface area contributed by atoms with Crippen molar-refractivity contribution in [2.75, 3.05) is 13.7 Å². The van der Waals surface area contributed by atoms with Gasteiger partial charge in [-0.25, -0.2) is 8.78 Å². The quantitative estimate of drug-likeness (QED) is 0.703. The molecular formula is C24H25F2NO3. The molecule has 1 heterocycles. The molecule has 2 aliphatic rings. The Labute approximate surface area is 174 Å². The van der Waals surface area contributed by atoms with Crippen LogP contribution in [0.4, 0.5) is 8.78 Å². The Bertz CT molecular complexity index is 967. The van der Waals surface area contributed by atoms with Gasteiger partial charge in [0, 0.05) is 23.6 Å². The predicted octanol–water partition coefficient (Wildman–Crippen LogP) is 4.98. The topological polar surface area (TPSA) is 47.6 Å². The van der Waals surface area contributed by atoms with E-state index in [1.54, 1.807) is 7.11 Å². The van der Waals surface area contributed by atoms with E-state index in [2.05, 4.69) is 5.32 Å². The molecule has 1 N–H and O–H groups in total. The van der Waals surface area contributed by atoms with Gasteiger partial charge in [0.05, 0.1) is 13.2 Å². The van der Waals surface area contributed by atoms with Crippen molar-refractivity contribution in [2.45, 2.75) is 44.1 Å². The van der Waals surface area contributed by atoms with Crippen LogP contribution in [0.5, 0.6) is 11.5 Å². The van der Waals surface area contributed by atoms with Gasteiger partial charge in [-0.05, 0) is 61.9 Å². The molecule has 2 fully saturated rings. The van der Waals surface area contributed by atoms with Crippen LogP contribution in [0.1, 0.15) is 49.1 Å². The zero-order chi connectivity index (χ0) is 21.1. The van der Waals surface area contributed by atoms with E-state index in [4.69, 9.17) is 9.47 Å². The third-order valence-electron chi connectivity index (χ3n) is 5.83. The van der Waals surface area contributed by atoms with Gasteiger partial charge in [0.15, 0.2) is 23.1 Å². The first-order valence-corrected chi connectivity index (χ1v) is 10.3. The van der Waals surface area contributed by atoms with Crippen molar-refractivity contribution in [1.29, 1.82) is 0 Å². The fourth-order valence-electron chi connectivity index (χ4n) is 4.16. The largest absolute Gasteiger partial charge is 0.493 e. The number of nitrogens with one attached hydrogen (secondary N) is 1. The molecule has 0 unspecified atom stereocenters. The second-order valence-electron chi connectivity index (χ2n) is 7.86. The molecule has 0 bridgehead atoms. The lowest BCUT2D eigenvalue weighted by Crippen LogP contribution is -2.35. The summed E-state index contributed by atoms with van der Waals surface area (Å²) in [5.41, 5.74) is 1.50. The van der Waals surface area contributed by atoms with Gasteiger partial charge in [-0.2, -0.15) is 0 Å². The summed E-state index contributed by atoms with van der Waals surface area (Å²) in [4.78, 5) is 12.3. The number of halogens is 2. The number of hydrogen-bond donors (Lipinski definition) is 1. The number of benzene rings is 2. The number of hydrogen-bond acceptors (Lipinski definition) is 3. The van der Waals surface area contributed by atoms with Crippen molar-refractivity contribution in [3.8, 4) is 11.5 Å². The maximum absolute atomic E-state index is 14.1. The minimum atomic E-state index is -0.948. The standard InChI is InChI=1S/C24H25F2NO3/c1-29-21-10-9-15(13-22(21)30-19-6-2-3-7-19)18-12-17(24(28)27-14-18)11-16-5-4-8-20(25)23(16)26/h4-5,8-11,13,18-19H,2-3,6-7,12,14H2,1H3,(H,27,28)/b17-11+/t18-/m1/s1. The zero-order valence-electron chi connectivity index (χ0n) is 16.9. The lowest BCUT2D eigenvalue weighted by molar-refractivity contribution is -0.118. The van der Waals surface area contributed by atoms with Crippen molar-refractivity contribution in [1.82, 2.24) is 5.32 Å². The van der Waals surface area contributed by atoms with Crippen LogP contribution < -0.4 is 14.8 Å². The lowest BCUT2D eigenvalue weighted by Gasteiger charge is -2.26. The Morgan fingerprint density at radius 1 is 1.10 bits per heavy atom. The third-order valence-corrected chi connectivity index (χ3v) is 5.83. The average Bonchev–Trinajstić information content (AvgIpc) is 3.26. The Kier molecular flexibility index (Phi) is 6.02. The summed E-state index contributed by atoms with van der Waals surface area (Å²) >= 11 is 0. The number of carbonyl (C=O) groups excluding carboxylic acids is 1. The predicted molar refractivity (Wildman–Crippen MR) is 111 cm³/mol. The minimum absolute atomic E-state index is 0.00223. The number of piperidine rings is 1. The zero-order valence-corrected chi connectivity index (χ0v) is 16.9. The Morgan fingerprint density at radius 3 is 2.67 bits per heavy atom. The molecule has 0 aromatic heterocycles. The van der Waals surface area contributed by atoms with Crippen LogP contribution in [0.2, 0.25) is 0 Å². The van der Waals surface area contributed by atoms with Crippen LogP contribution in [-0.4, -0.2) is 25.7 Å². The van der Waals surface area contributed by atoms with Gasteiger partial charge in [0.25, 0.3) is 0 Å². The first-order chi connectivity index (χ1) is 14.5. The summed E-state index contributed by atoms with van der Waals surface area (Å²) in [6.45, 7) is 0.469. The van der Waals surface area contributed by atoms with E-state index >= 15 is 0 Å². The highest BCUT2D eigenvalue weighted by Crippen LogP contribution is 2.36. The van der Waals surface area contributed by atoms with E-state index in [-0.39, 0.29) is 23.5 Å². The van der Waals surface area contributed by atoms with Gasteiger partial charge in [0.1, 0.15) is 0 Å². The molecule has 30 heavy (non-hydrogen) atoms. The van der Waals surface area contributed by atoms with Gasteiger partial charge >= 0.3 is 0 Å².